The monoisotopic (exact) mass is 257 g/mol. The molecule has 3 heteroatoms. The minimum absolute atomic E-state index is 0.151. The third-order valence-electron chi connectivity index (χ3n) is 3.24. The predicted octanol–water partition coefficient (Wildman–Crippen LogP) is 2.54. The van der Waals surface area contributed by atoms with Crippen molar-refractivity contribution in [3.63, 3.8) is 0 Å². The standard InChI is InChI=1S/C16H21N2O/c1-3-4-5-14-6-8-15(9-7-14)16(19)12-18-11-10-17(2)13-18/h6-11,13H,3-5,12H2,1-2H3/q+1. The van der Waals surface area contributed by atoms with Crippen molar-refractivity contribution in [3.05, 3.63) is 54.1 Å². The Morgan fingerprint density at radius 2 is 2.00 bits per heavy atom. The number of aromatic nitrogens is 2. The summed E-state index contributed by atoms with van der Waals surface area (Å²) in [6, 6.07) is 8.02. The SMILES string of the molecule is CCCCc1ccc(C(=O)Cn2cc[n+](C)c2)cc1. The molecule has 0 aliphatic carbocycles. The van der Waals surface area contributed by atoms with Crippen LogP contribution in [-0.2, 0) is 20.0 Å². The molecule has 0 unspecified atom stereocenters. The number of carbonyl (C=O) groups excluding carboxylic acids is 1. The van der Waals surface area contributed by atoms with E-state index in [1.165, 1.54) is 18.4 Å². The first kappa shape index (κ1) is 13.5. The lowest BCUT2D eigenvalue weighted by molar-refractivity contribution is -0.671. The molecule has 0 aliphatic rings. The van der Waals surface area contributed by atoms with Gasteiger partial charge in [0.25, 0.3) is 0 Å². The zero-order chi connectivity index (χ0) is 13.7. The second kappa shape index (κ2) is 6.32. The molecule has 0 amide bonds. The van der Waals surface area contributed by atoms with E-state index in [2.05, 4.69) is 19.1 Å². The molecule has 0 saturated carbocycles. The molecule has 0 atom stereocenters. The van der Waals surface area contributed by atoms with Crippen molar-refractivity contribution in [1.29, 1.82) is 0 Å². The summed E-state index contributed by atoms with van der Waals surface area (Å²) in [5.41, 5.74) is 2.10. The number of aryl methyl sites for hydroxylation is 2. The average Bonchev–Trinajstić information content (AvgIpc) is 2.82. The van der Waals surface area contributed by atoms with E-state index in [1.54, 1.807) is 0 Å². The molecular weight excluding hydrogens is 236 g/mol. The van der Waals surface area contributed by atoms with Gasteiger partial charge in [0.15, 0.2) is 6.54 Å². The van der Waals surface area contributed by atoms with Gasteiger partial charge in [-0.1, -0.05) is 37.6 Å². The Morgan fingerprint density at radius 3 is 2.58 bits per heavy atom. The van der Waals surface area contributed by atoms with Crippen LogP contribution in [0.1, 0.15) is 35.7 Å². The molecule has 0 aliphatic heterocycles. The second-order valence-electron chi connectivity index (χ2n) is 4.98. The van der Waals surface area contributed by atoms with E-state index in [9.17, 15) is 4.79 Å². The van der Waals surface area contributed by atoms with Crippen molar-refractivity contribution in [1.82, 2.24) is 4.57 Å². The Bertz CT molecular complexity index is 540. The first-order chi connectivity index (χ1) is 9.19. The number of rotatable bonds is 6. The van der Waals surface area contributed by atoms with Gasteiger partial charge in [0.05, 0.1) is 7.05 Å². The van der Waals surface area contributed by atoms with Crippen molar-refractivity contribution in [2.24, 2.45) is 7.05 Å². The van der Waals surface area contributed by atoms with Crippen LogP contribution in [0, 0.1) is 0 Å². The third-order valence-corrected chi connectivity index (χ3v) is 3.24. The van der Waals surface area contributed by atoms with Crippen molar-refractivity contribution in [3.8, 4) is 0 Å². The number of carbonyl (C=O) groups is 1. The summed E-state index contributed by atoms with van der Waals surface area (Å²) in [7, 11) is 1.95. The number of nitrogens with zero attached hydrogens (tertiary/aromatic N) is 2. The maximum absolute atomic E-state index is 12.1. The lowest BCUT2D eigenvalue weighted by Gasteiger charge is -2.02. The Labute approximate surface area is 114 Å². The lowest BCUT2D eigenvalue weighted by Crippen LogP contribution is -2.24. The van der Waals surface area contributed by atoms with E-state index < -0.39 is 0 Å². The van der Waals surface area contributed by atoms with Crippen LogP contribution in [0.3, 0.4) is 0 Å². The summed E-state index contributed by atoms with van der Waals surface area (Å²) in [5.74, 6) is 0.151. The van der Waals surface area contributed by atoms with Crippen molar-refractivity contribution in [2.45, 2.75) is 32.7 Å². The first-order valence-corrected chi connectivity index (χ1v) is 6.82. The first-order valence-electron chi connectivity index (χ1n) is 6.82. The largest absolute Gasteiger partial charge is 0.290 e. The Balaban J connectivity index is 1.99. The maximum atomic E-state index is 12.1. The number of unbranched alkanes of at least 4 members (excludes halogenated alkanes) is 1. The molecule has 3 nitrogen and oxygen atoms in total. The molecule has 0 fully saturated rings. The molecule has 19 heavy (non-hydrogen) atoms. The van der Waals surface area contributed by atoms with E-state index in [-0.39, 0.29) is 5.78 Å². The molecule has 0 N–H and O–H groups in total. The smallest absolute Gasteiger partial charge is 0.243 e. The van der Waals surface area contributed by atoms with Crippen LogP contribution < -0.4 is 4.57 Å². The molecule has 0 radical (unpaired) electrons. The zero-order valence-corrected chi connectivity index (χ0v) is 11.7. The molecule has 1 aromatic carbocycles. The fraction of sp³-hybridized carbons (Fsp3) is 0.375. The lowest BCUT2D eigenvalue weighted by atomic mass is 10.0. The van der Waals surface area contributed by atoms with Gasteiger partial charge in [-0.25, -0.2) is 9.13 Å². The summed E-state index contributed by atoms with van der Waals surface area (Å²) in [6.45, 7) is 2.59. The number of hydrogen-bond donors (Lipinski definition) is 0. The summed E-state index contributed by atoms with van der Waals surface area (Å²) in [5, 5.41) is 0. The van der Waals surface area contributed by atoms with Gasteiger partial charge >= 0.3 is 0 Å². The van der Waals surface area contributed by atoms with Gasteiger partial charge in [-0.2, -0.15) is 0 Å². The van der Waals surface area contributed by atoms with Gasteiger partial charge in [0.2, 0.25) is 12.1 Å². The summed E-state index contributed by atoms with van der Waals surface area (Å²) in [4.78, 5) is 12.1. The molecule has 100 valence electrons. The van der Waals surface area contributed by atoms with Crippen LogP contribution in [0.5, 0.6) is 0 Å². The van der Waals surface area contributed by atoms with E-state index in [0.717, 1.165) is 12.0 Å². The quantitative estimate of drug-likeness (QED) is 0.577. The molecule has 2 aromatic rings. The molecule has 1 aromatic heterocycles. The predicted molar refractivity (Wildman–Crippen MR) is 75.0 cm³/mol. The summed E-state index contributed by atoms with van der Waals surface area (Å²) in [6.07, 6.45) is 9.25. The van der Waals surface area contributed by atoms with E-state index >= 15 is 0 Å². The van der Waals surface area contributed by atoms with Gasteiger partial charge in [-0.3, -0.25) is 4.79 Å². The molecule has 0 bridgehead atoms. The highest BCUT2D eigenvalue weighted by molar-refractivity contribution is 5.95. The summed E-state index contributed by atoms with van der Waals surface area (Å²) >= 11 is 0. The Kier molecular flexibility index (Phi) is 4.50. The van der Waals surface area contributed by atoms with Gasteiger partial charge < -0.3 is 0 Å². The van der Waals surface area contributed by atoms with Crippen LogP contribution in [-0.4, -0.2) is 10.4 Å². The number of ketones is 1. The van der Waals surface area contributed by atoms with Gasteiger partial charge in [0, 0.05) is 5.56 Å². The van der Waals surface area contributed by atoms with Crippen molar-refractivity contribution < 1.29 is 9.36 Å². The van der Waals surface area contributed by atoms with Crippen molar-refractivity contribution in [2.75, 3.05) is 0 Å². The fourth-order valence-electron chi connectivity index (χ4n) is 2.09. The highest BCUT2D eigenvalue weighted by Crippen LogP contribution is 2.09. The molecule has 2 rings (SSSR count). The molecule has 0 saturated heterocycles. The number of Topliss-reactive ketones (excluding diaryl/α,β-unsaturated/α-hetero) is 1. The number of hydrogen-bond acceptors (Lipinski definition) is 1. The number of imidazole rings is 1. The Hall–Kier alpha value is -1.90. The average molecular weight is 257 g/mol. The van der Waals surface area contributed by atoms with E-state index in [0.29, 0.717) is 6.54 Å². The Morgan fingerprint density at radius 1 is 1.26 bits per heavy atom. The van der Waals surface area contributed by atoms with Gasteiger partial charge in [0.1, 0.15) is 12.4 Å². The molecular formula is C16H21N2O+. The maximum Gasteiger partial charge on any atom is 0.243 e. The van der Waals surface area contributed by atoms with Gasteiger partial charge in [-0.15, -0.1) is 0 Å². The summed E-state index contributed by atoms with van der Waals surface area (Å²) < 4.78 is 3.83. The minimum atomic E-state index is 0.151. The van der Waals surface area contributed by atoms with Crippen LogP contribution in [0.4, 0.5) is 0 Å². The topological polar surface area (TPSA) is 25.9 Å². The van der Waals surface area contributed by atoms with Crippen LogP contribution in [0.15, 0.2) is 43.0 Å². The highest BCUT2D eigenvalue weighted by Gasteiger charge is 2.10. The second-order valence-corrected chi connectivity index (χ2v) is 4.98. The minimum Gasteiger partial charge on any atom is -0.290 e. The number of benzene rings is 1. The normalized spacial score (nSPS) is 10.6. The third kappa shape index (κ3) is 3.78. The zero-order valence-electron chi connectivity index (χ0n) is 11.7. The van der Waals surface area contributed by atoms with Gasteiger partial charge in [-0.05, 0) is 18.4 Å². The van der Waals surface area contributed by atoms with Crippen LogP contribution in [0.25, 0.3) is 0 Å². The van der Waals surface area contributed by atoms with E-state index in [1.807, 2.05) is 47.0 Å². The van der Waals surface area contributed by atoms with Crippen LogP contribution >= 0.6 is 0 Å². The molecule has 1 heterocycles. The van der Waals surface area contributed by atoms with Crippen LogP contribution in [0.2, 0.25) is 0 Å². The fourth-order valence-corrected chi connectivity index (χ4v) is 2.09. The van der Waals surface area contributed by atoms with Crippen molar-refractivity contribution >= 4 is 5.78 Å². The highest BCUT2D eigenvalue weighted by atomic mass is 16.1. The van der Waals surface area contributed by atoms with E-state index in [4.69, 9.17) is 0 Å². The molecule has 0 spiro atoms.